The Morgan fingerprint density at radius 1 is 1.12 bits per heavy atom. The number of para-hydroxylation sites is 1. The van der Waals surface area contributed by atoms with E-state index in [1.165, 1.54) is 0 Å². The Morgan fingerprint density at radius 2 is 2.00 bits per heavy atom. The maximum Gasteiger partial charge on any atom is 0.246 e. The number of hydrogen-bond donors (Lipinski definition) is 1. The van der Waals surface area contributed by atoms with Gasteiger partial charge in [0, 0.05) is 17.5 Å². The molecule has 0 amide bonds. The molecule has 0 unspecified atom stereocenters. The SMILES string of the molecule is Cc1ccc(O)c(C2=NN3[C@@H](c4ccco4)Oc4ccccc4[C@@H]3C2)c1. The molecule has 26 heavy (non-hydrogen) atoms. The number of furan rings is 1. The zero-order valence-electron chi connectivity index (χ0n) is 14.3. The van der Waals surface area contributed by atoms with Crippen molar-refractivity contribution in [2.75, 3.05) is 0 Å². The number of aromatic hydroxyl groups is 1. The van der Waals surface area contributed by atoms with E-state index in [2.05, 4.69) is 6.07 Å². The van der Waals surface area contributed by atoms with Crippen molar-refractivity contribution in [3.05, 3.63) is 83.3 Å². The highest BCUT2D eigenvalue weighted by Crippen LogP contribution is 2.47. The zero-order valence-corrected chi connectivity index (χ0v) is 14.3. The first-order valence-electron chi connectivity index (χ1n) is 8.65. The maximum absolute atomic E-state index is 10.3. The van der Waals surface area contributed by atoms with Gasteiger partial charge in [-0.1, -0.05) is 29.8 Å². The lowest BCUT2D eigenvalue weighted by Gasteiger charge is -2.36. The van der Waals surface area contributed by atoms with E-state index in [0.717, 1.165) is 28.2 Å². The van der Waals surface area contributed by atoms with E-state index in [9.17, 15) is 5.11 Å². The molecule has 5 heteroatoms. The van der Waals surface area contributed by atoms with Gasteiger partial charge in [0.05, 0.1) is 18.0 Å². The van der Waals surface area contributed by atoms with E-state index >= 15 is 0 Å². The van der Waals surface area contributed by atoms with Gasteiger partial charge in [-0.05, 0) is 37.3 Å². The number of hydrogen-bond acceptors (Lipinski definition) is 5. The number of aryl methyl sites for hydroxylation is 1. The van der Waals surface area contributed by atoms with Crippen LogP contribution in [0.1, 0.15) is 41.1 Å². The predicted molar refractivity (Wildman–Crippen MR) is 97.1 cm³/mol. The second-order valence-corrected chi connectivity index (χ2v) is 6.69. The van der Waals surface area contributed by atoms with Gasteiger partial charge in [0.25, 0.3) is 0 Å². The number of phenols is 1. The van der Waals surface area contributed by atoms with Gasteiger partial charge in [-0.3, -0.25) is 0 Å². The number of phenolic OH excluding ortho intramolecular Hbond substituents is 1. The summed E-state index contributed by atoms with van der Waals surface area (Å²) in [5, 5.41) is 17.1. The van der Waals surface area contributed by atoms with Crippen LogP contribution in [0, 0.1) is 6.92 Å². The van der Waals surface area contributed by atoms with Crippen molar-refractivity contribution in [2.45, 2.75) is 25.6 Å². The van der Waals surface area contributed by atoms with Gasteiger partial charge in [0.2, 0.25) is 6.23 Å². The third-order valence-corrected chi connectivity index (χ3v) is 4.95. The maximum atomic E-state index is 10.3. The standard InChI is InChI=1S/C21H18N2O3/c1-13-8-9-18(24)15(11-13)16-12-17-14-5-2-3-6-19(14)26-21(23(17)22-16)20-7-4-10-25-20/h2-11,17,21,24H,12H2,1H3/t17-,21+/m0/s1. The van der Waals surface area contributed by atoms with Crippen molar-refractivity contribution in [2.24, 2.45) is 5.10 Å². The van der Waals surface area contributed by atoms with Crippen molar-refractivity contribution in [1.29, 1.82) is 0 Å². The zero-order chi connectivity index (χ0) is 17.7. The molecule has 1 aromatic heterocycles. The summed E-state index contributed by atoms with van der Waals surface area (Å²) in [4.78, 5) is 0. The van der Waals surface area contributed by atoms with Crippen LogP contribution in [0.3, 0.4) is 0 Å². The molecule has 3 aromatic rings. The van der Waals surface area contributed by atoms with E-state index in [1.807, 2.05) is 54.4 Å². The van der Waals surface area contributed by atoms with E-state index < -0.39 is 6.23 Å². The Labute approximate surface area is 151 Å². The molecular weight excluding hydrogens is 328 g/mol. The molecule has 5 nitrogen and oxygen atoms in total. The molecule has 2 aliphatic rings. The Morgan fingerprint density at radius 3 is 2.85 bits per heavy atom. The van der Waals surface area contributed by atoms with E-state index in [0.29, 0.717) is 12.2 Å². The van der Waals surface area contributed by atoms with Gasteiger partial charge < -0.3 is 14.3 Å². The van der Waals surface area contributed by atoms with Gasteiger partial charge in [0.1, 0.15) is 11.5 Å². The fraction of sp³-hybridized carbons (Fsp3) is 0.190. The van der Waals surface area contributed by atoms with Crippen LogP contribution in [0.15, 0.2) is 70.4 Å². The topological polar surface area (TPSA) is 58.2 Å². The summed E-state index contributed by atoms with van der Waals surface area (Å²) in [5.41, 5.74) is 3.81. The fourth-order valence-corrected chi connectivity index (χ4v) is 3.70. The van der Waals surface area contributed by atoms with Crippen molar-refractivity contribution < 1.29 is 14.3 Å². The van der Waals surface area contributed by atoms with Crippen molar-refractivity contribution in [3.8, 4) is 11.5 Å². The first-order valence-corrected chi connectivity index (χ1v) is 8.65. The van der Waals surface area contributed by atoms with Gasteiger partial charge in [-0.15, -0.1) is 0 Å². The highest BCUT2D eigenvalue weighted by Gasteiger charge is 2.42. The first kappa shape index (κ1) is 15.1. The molecule has 2 aliphatic heterocycles. The lowest BCUT2D eigenvalue weighted by atomic mass is 9.95. The van der Waals surface area contributed by atoms with E-state index in [4.69, 9.17) is 14.3 Å². The summed E-state index contributed by atoms with van der Waals surface area (Å²) in [6.07, 6.45) is 1.92. The third-order valence-electron chi connectivity index (χ3n) is 4.95. The Bertz CT molecular complexity index is 994. The number of rotatable bonds is 2. The molecule has 5 rings (SSSR count). The molecule has 0 aliphatic carbocycles. The van der Waals surface area contributed by atoms with Crippen LogP contribution in [-0.2, 0) is 0 Å². The number of ether oxygens (including phenoxy) is 1. The van der Waals surface area contributed by atoms with Gasteiger partial charge in [-0.2, -0.15) is 5.10 Å². The van der Waals surface area contributed by atoms with Crippen LogP contribution in [0.2, 0.25) is 0 Å². The highest BCUT2D eigenvalue weighted by molar-refractivity contribution is 6.04. The van der Waals surface area contributed by atoms with Gasteiger partial charge >= 0.3 is 0 Å². The summed E-state index contributed by atoms with van der Waals surface area (Å²) in [6.45, 7) is 2.01. The number of fused-ring (bicyclic) bond motifs is 3. The molecule has 0 spiro atoms. The smallest absolute Gasteiger partial charge is 0.246 e. The molecule has 2 atom stereocenters. The number of hydrazone groups is 1. The molecule has 0 radical (unpaired) electrons. The van der Waals surface area contributed by atoms with Gasteiger partial charge in [0.15, 0.2) is 5.76 Å². The second kappa shape index (κ2) is 5.66. The van der Waals surface area contributed by atoms with Crippen molar-refractivity contribution in [1.82, 2.24) is 5.01 Å². The Balaban J connectivity index is 1.62. The summed E-state index contributed by atoms with van der Waals surface area (Å²) in [5.74, 6) is 1.81. The molecule has 2 aromatic carbocycles. The second-order valence-electron chi connectivity index (χ2n) is 6.69. The molecule has 0 fully saturated rings. The number of nitrogens with zero attached hydrogens (tertiary/aromatic N) is 2. The lowest BCUT2D eigenvalue weighted by molar-refractivity contribution is -0.0325. The summed E-state index contributed by atoms with van der Waals surface area (Å²) >= 11 is 0. The van der Waals surface area contributed by atoms with Crippen molar-refractivity contribution in [3.63, 3.8) is 0 Å². The number of benzene rings is 2. The average Bonchev–Trinajstić information content (AvgIpc) is 3.33. The molecule has 0 saturated heterocycles. The predicted octanol–water partition coefficient (Wildman–Crippen LogP) is 4.54. The minimum absolute atomic E-state index is 0.0463. The van der Waals surface area contributed by atoms with Crippen LogP contribution in [0.4, 0.5) is 0 Å². The largest absolute Gasteiger partial charge is 0.507 e. The van der Waals surface area contributed by atoms with Crippen LogP contribution in [0.25, 0.3) is 0 Å². The van der Waals surface area contributed by atoms with E-state index in [-0.39, 0.29) is 11.8 Å². The molecular formula is C21H18N2O3. The Kier molecular flexibility index (Phi) is 3.28. The fourth-order valence-electron chi connectivity index (χ4n) is 3.70. The molecule has 1 N–H and O–H groups in total. The first-order chi connectivity index (χ1) is 12.7. The summed E-state index contributed by atoms with van der Waals surface area (Å²) in [7, 11) is 0. The van der Waals surface area contributed by atoms with Crippen LogP contribution in [0.5, 0.6) is 11.5 Å². The monoisotopic (exact) mass is 346 g/mol. The average molecular weight is 346 g/mol. The van der Waals surface area contributed by atoms with Crippen LogP contribution >= 0.6 is 0 Å². The van der Waals surface area contributed by atoms with E-state index in [1.54, 1.807) is 12.3 Å². The normalized spacial score (nSPS) is 21.0. The van der Waals surface area contributed by atoms with Crippen LogP contribution < -0.4 is 4.74 Å². The third kappa shape index (κ3) is 2.28. The quantitative estimate of drug-likeness (QED) is 0.740. The molecule has 130 valence electrons. The highest BCUT2D eigenvalue weighted by atomic mass is 16.5. The van der Waals surface area contributed by atoms with Crippen molar-refractivity contribution >= 4 is 5.71 Å². The Hall–Kier alpha value is -3.21. The molecule has 0 saturated carbocycles. The van der Waals surface area contributed by atoms with Crippen LogP contribution in [-0.4, -0.2) is 15.8 Å². The minimum Gasteiger partial charge on any atom is -0.507 e. The minimum atomic E-state index is -0.422. The summed E-state index contributed by atoms with van der Waals surface area (Å²) in [6, 6.07) is 17.4. The summed E-state index contributed by atoms with van der Waals surface area (Å²) < 4.78 is 11.8. The molecule has 3 heterocycles. The lowest BCUT2D eigenvalue weighted by Crippen LogP contribution is -2.33. The molecule has 0 bridgehead atoms. The van der Waals surface area contributed by atoms with Gasteiger partial charge in [-0.25, -0.2) is 5.01 Å².